The summed E-state index contributed by atoms with van der Waals surface area (Å²) in [7, 11) is 0. The highest BCUT2D eigenvalue weighted by Crippen LogP contribution is 2.26. The van der Waals surface area contributed by atoms with Gasteiger partial charge in [0.2, 0.25) is 5.91 Å². The maximum atomic E-state index is 13.6. The van der Waals surface area contributed by atoms with E-state index in [1.165, 1.54) is 6.92 Å². The Morgan fingerprint density at radius 2 is 2.05 bits per heavy atom. The molecule has 108 valence electrons. The highest BCUT2D eigenvalue weighted by molar-refractivity contribution is 5.93. The number of halogens is 1. The molecule has 1 aromatic carbocycles. The van der Waals surface area contributed by atoms with Gasteiger partial charge in [0.05, 0.1) is 16.7 Å². The molecule has 3 N–H and O–H groups in total. The maximum Gasteiger partial charge on any atom is 0.342 e. The molecule has 0 aromatic heterocycles. The van der Waals surface area contributed by atoms with Crippen LogP contribution in [0.1, 0.15) is 17.3 Å². The van der Waals surface area contributed by atoms with Crippen molar-refractivity contribution < 1.29 is 24.0 Å². The van der Waals surface area contributed by atoms with Crippen LogP contribution in [0.3, 0.4) is 0 Å². The van der Waals surface area contributed by atoms with E-state index in [0.29, 0.717) is 6.07 Å². The Hall–Kier alpha value is -2.71. The number of carboxylic acids is 1. The van der Waals surface area contributed by atoms with Crippen LogP contribution in [0.15, 0.2) is 12.1 Å². The molecule has 0 unspecified atom stereocenters. The Balaban J connectivity index is 2.92. The first-order valence-electron chi connectivity index (χ1n) is 5.52. The molecule has 0 radical (unpaired) electrons. The monoisotopic (exact) mass is 285 g/mol. The van der Waals surface area contributed by atoms with Crippen LogP contribution >= 0.6 is 0 Å². The molecule has 0 saturated heterocycles. The number of carboxylic acid groups (broad SMARTS) is 1. The molecule has 1 rings (SSSR count). The van der Waals surface area contributed by atoms with Gasteiger partial charge in [-0.3, -0.25) is 14.9 Å². The van der Waals surface area contributed by atoms with Gasteiger partial charge in [0.15, 0.2) is 5.82 Å². The summed E-state index contributed by atoms with van der Waals surface area (Å²) in [6, 6.07) is 1.40. The van der Waals surface area contributed by atoms with E-state index in [9.17, 15) is 24.1 Å². The zero-order chi connectivity index (χ0) is 15.3. The Bertz CT molecular complexity index is 561. The van der Waals surface area contributed by atoms with Crippen molar-refractivity contribution in [2.75, 3.05) is 18.4 Å². The van der Waals surface area contributed by atoms with Crippen LogP contribution in [0.25, 0.3) is 0 Å². The summed E-state index contributed by atoms with van der Waals surface area (Å²) in [6.45, 7) is 1.66. The number of anilines is 1. The highest BCUT2D eigenvalue weighted by Gasteiger charge is 2.23. The zero-order valence-corrected chi connectivity index (χ0v) is 10.5. The van der Waals surface area contributed by atoms with Crippen LogP contribution in [-0.2, 0) is 4.79 Å². The number of rotatable bonds is 6. The first-order chi connectivity index (χ1) is 9.32. The molecule has 1 amide bonds. The van der Waals surface area contributed by atoms with Gasteiger partial charge in [-0.15, -0.1) is 0 Å². The van der Waals surface area contributed by atoms with E-state index in [4.69, 9.17) is 5.11 Å². The molecule has 1 aromatic rings. The van der Waals surface area contributed by atoms with E-state index in [0.717, 1.165) is 6.07 Å². The van der Waals surface area contributed by atoms with Crippen molar-refractivity contribution in [2.24, 2.45) is 0 Å². The van der Waals surface area contributed by atoms with Crippen LogP contribution in [0.5, 0.6) is 0 Å². The number of carbonyl (C=O) groups is 2. The number of amides is 1. The van der Waals surface area contributed by atoms with Gasteiger partial charge in [-0.25, -0.2) is 9.18 Å². The van der Waals surface area contributed by atoms with Gasteiger partial charge in [0.25, 0.3) is 5.69 Å². The number of nitrogens with zero attached hydrogens (tertiary/aromatic N) is 1. The molecule has 8 nitrogen and oxygen atoms in total. The van der Waals surface area contributed by atoms with Crippen molar-refractivity contribution in [3.63, 3.8) is 0 Å². The lowest BCUT2D eigenvalue weighted by atomic mass is 10.1. The number of aromatic carboxylic acids is 1. The predicted molar refractivity (Wildman–Crippen MR) is 67.2 cm³/mol. The van der Waals surface area contributed by atoms with Crippen molar-refractivity contribution in [2.45, 2.75) is 6.92 Å². The van der Waals surface area contributed by atoms with Crippen LogP contribution in [0, 0.1) is 15.9 Å². The van der Waals surface area contributed by atoms with Gasteiger partial charge >= 0.3 is 5.97 Å². The SMILES string of the molecule is CC(=O)NCCNc1cc(C(=O)O)c([N+](=O)[O-])cc1F. The first-order valence-corrected chi connectivity index (χ1v) is 5.52. The van der Waals surface area contributed by atoms with Gasteiger partial charge in [-0.05, 0) is 6.07 Å². The van der Waals surface area contributed by atoms with E-state index in [-0.39, 0.29) is 24.7 Å². The summed E-state index contributed by atoms with van der Waals surface area (Å²) < 4.78 is 13.6. The van der Waals surface area contributed by atoms with E-state index in [1.807, 2.05) is 0 Å². The largest absolute Gasteiger partial charge is 0.477 e. The lowest BCUT2D eigenvalue weighted by Gasteiger charge is -2.09. The summed E-state index contributed by atoms with van der Waals surface area (Å²) >= 11 is 0. The molecular formula is C11H12FN3O5. The van der Waals surface area contributed by atoms with Gasteiger partial charge in [-0.1, -0.05) is 0 Å². The van der Waals surface area contributed by atoms with Crippen molar-refractivity contribution in [3.8, 4) is 0 Å². The second kappa shape index (κ2) is 6.45. The van der Waals surface area contributed by atoms with Crippen molar-refractivity contribution in [1.29, 1.82) is 0 Å². The van der Waals surface area contributed by atoms with Gasteiger partial charge in [-0.2, -0.15) is 0 Å². The molecule has 0 bridgehead atoms. The van der Waals surface area contributed by atoms with Crippen LogP contribution in [-0.4, -0.2) is 35.0 Å². The zero-order valence-electron chi connectivity index (χ0n) is 10.5. The molecule has 0 spiro atoms. The van der Waals surface area contributed by atoms with E-state index < -0.39 is 28.0 Å². The third-order valence-corrected chi connectivity index (χ3v) is 2.33. The lowest BCUT2D eigenvalue weighted by molar-refractivity contribution is -0.385. The fourth-order valence-electron chi connectivity index (χ4n) is 1.46. The topological polar surface area (TPSA) is 122 Å². The molecular weight excluding hydrogens is 273 g/mol. The predicted octanol–water partition coefficient (Wildman–Crippen LogP) is 0.980. The van der Waals surface area contributed by atoms with Crippen LogP contribution in [0.2, 0.25) is 0 Å². The van der Waals surface area contributed by atoms with Crippen molar-refractivity contribution in [1.82, 2.24) is 5.32 Å². The summed E-state index contributed by atoms with van der Waals surface area (Å²) in [4.78, 5) is 31.2. The number of nitrogens with one attached hydrogen (secondary N) is 2. The smallest absolute Gasteiger partial charge is 0.342 e. The average Bonchev–Trinajstić information content (AvgIpc) is 2.34. The molecule has 0 atom stereocenters. The van der Waals surface area contributed by atoms with Gasteiger partial charge in [0, 0.05) is 20.0 Å². The summed E-state index contributed by atoms with van der Waals surface area (Å²) in [5, 5.41) is 24.5. The standard InChI is InChI=1S/C11H12FN3O5/c1-6(16)13-2-3-14-9-4-7(11(17)18)10(15(19)20)5-8(9)12/h4-5,14H,2-3H2,1H3,(H,13,16)(H,17,18). The number of nitro benzene ring substituents is 1. The highest BCUT2D eigenvalue weighted by atomic mass is 19.1. The molecule has 0 aliphatic carbocycles. The third-order valence-electron chi connectivity index (χ3n) is 2.33. The average molecular weight is 285 g/mol. The molecule has 0 saturated carbocycles. The fraction of sp³-hybridized carbons (Fsp3) is 0.273. The molecule has 20 heavy (non-hydrogen) atoms. The second-order valence-electron chi connectivity index (χ2n) is 3.82. The Kier molecular flexibility index (Phi) is 4.95. The van der Waals surface area contributed by atoms with Gasteiger partial charge in [0.1, 0.15) is 5.56 Å². The molecule has 9 heteroatoms. The number of hydrogen-bond acceptors (Lipinski definition) is 5. The minimum Gasteiger partial charge on any atom is -0.477 e. The summed E-state index contributed by atoms with van der Waals surface area (Å²) in [6.07, 6.45) is 0. The van der Waals surface area contributed by atoms with E-state index in [1.54, 1.807) is 0 Å². The van der Waals surface area contributed by atoms with Crippen molar-refractivity contribution >= 4 is 23.3 Å². The summed E-state index contributed by atoms with van der Waals surface area (Å²) in [5.74, 6) is -2.73. The number of hydrogen-bond donors (Lipinski definition) is 3. The molecule has 0 aliphatic rings. The third kappa shape index (κ3) is 3.90. The van der Waals surface area contributed by atoms with Crippen LogP contribution < -0.4 is 10.6 Å². The maximum absolute atomic E-state index is 13.6. The number of carbonyl (C=O) groups excluding carboxylic acids is 1. The molecule has 0 heterocycles. The second-order valence-corrected chi connectivity index (χ2v) is 3.82. The van der Waals surface area contributed by atoms with E-state index >= 15 is 0 Å². The van der Waals surface area contributed by atoms with E-state index in [2.05, 4.69) is 10.6 Å². The summed E-state index contributed by atoms with van der Waals surface area (Å²) in [5.41, 5.74) is -1.61. The first kappa shape index (κ1) is 15.3. The van der Waals surface area contributed by atoms with Gasteiger partial charge < -0.3 is 15.7 Å². The quantitative estimate of drug-likeness (QED) is 0.407. The molecule has 0 fully saturated rings. The minimum absolute atomic E-state index is 0.146. The lowest BCUT2D eigenvalue weighted by Crippen LogP contribution is -2.26. The number of nitro groups is 1. The van der Waals surface area contributed by atoms with Crippen molar-refractivity contribution in [3.05, 3.63) is 33.6 Å². The molecule has 0 aliphatic heterocycles. The Morgan fingerprint density at radius 1 is 1.40 bits per heavy atom. The Morgan fingerprint density at radius 3 is 2.55 bits per heavy atom. The van der Waals surface area contributed by atoms with Crippen LogP contribution in [0.4, 0.5) is 15.8 Å². The number of benzene rings is 1. The minimum atomic E-state index is -1.53. The normalized spacial score (nSPS) is 9.90. The fourth-order valence-corrected chi connectivity index (χ4v) is 1.46. The Labute approximate surface area is 112 Å².